The van der Waals surface area contributed by atoms with E-state index in [9.17, 15) is 8.42 Å². The van der Waals surface area contributed by atoms with E-state index in [1.165, 1.54) is 11.3 Å². The summed E-state index contributed by atoms with van der Waals surface area (Å²) >= 11 is 3.14. The fourth-order valence-corrected chi connectivity index (χ4v) is 5.64. The first-order chi connectivity index (χ1) is 12.8. The van der Waals surface area contributed by atoms with Crippen molar-refractivity contribution >= 4 is 32.7 Å². The largest absolute Gasteiger partial charge is 0.488 e. The molecule has 142 valence electrons. The molecule has 0 spiro atoms. The Morgan fingerprint density at radius 3 is 2.89 bits per heavy atom. The van der Waals surface area contributed by atoms with Crippen molar-refractivity contribution in [1.82, 2.24) is 9.71 Å². The number of fused-ring (bicyclic) bond motifs is 1. The molecule has 5 nitrogen and oxygen atoms in total. The van der Waals surface area contributed by atoms with E-state index in [4.69, 9.17) is 4.74 Å². The Bertz CT molecular complexity index is 1050. The van der Waals surface area contributed by atoms with Crippen LogP contribution < -0.4 is 9.46 Å². The van der Waals surface area contributed by atoms with Crippen molar-refractivity contribution in [2.24, 2.45) is 0 Å². The number of aryl methyl sites for hydroxylation is 1. The molecule has 0 saturated heterocycles. The van der Waals surface area contributed by atoms with Gasteiger partial charge in [-0.15, -0.1) is 22.7 Å². The van der Waals surface area contributed by atoms with Crippen LogP contribution in [0, 0.1) is 0 Å². The van der Waals surface area contributed by atoms with E-state index in [2.05, 4.69) is 9.71 Å². The predicted octanol–water partition coefficient (Wildman–Crippen LogP) is 4.45. The molecule has 1 aliphatic heterocycles. The molecule has 0 fully saturated rings. The van der Waals surface area contributed by atoms with Crippen LogP contribution in [0.3, 0.4) is 0 Å². The van der Waals surface area contributed by atoms with Crippen LogP contribution in [0.25, 0.3) is 9.88 Å². The summed E-state index contributed by atoms with van der Waals surface area (Å²) in [5, 5.41) is 4.80. The molecule has 0 radical (unpaired) electrons. The van der Waals surface area contributed by atoms with Gasteiger partial charge in [0, 0.05) is 5.38 Å². The van der Waals surface area contributed by atoms with Gasteiger partial charge in [-0.1, -0.05) is 6.07 Å². The molecular weight excluding hydrogens is 400 g/mol. The van der Waals surface area contributed by atoms with Gasteiger partial charge in [-0.3, -0.25) is 0 Å². The van der Waals surface area contributed by atoms with Crippen molar-refractivity contribution in [1.29, 1.82) is 0 Å². The number of hydrogen-bond donors (Lipinski definition) is 1. The van der Waals surface area contributed by atoms with Crippen LogP contribution in [-0.4, -0.2) is 19.0 Å². The van der Waals surface area contributed by atoms with Crippen LogP contribution in [0.2, 0.25) is 0 Å². The molecule has 0 unspecified atom stereocenters. The minimum atomic E-state index is -3.60. The highest BCUT2D eigenvalue weighted by Gasteiger charge is 2.27. The van der Waals surface area contributed by atoms with Gasteiger partial charge in [-0.2, -0.15) is 0 Å². The van der Waals surface area contributed by atoms with Gasteiger partial charge in [0.25, 0.3) is 0 Å². The fourth-order valence-electron chi connectivity index (χ4n) is 2.96. The minimum Gasteiger partial charge on any atom is -0.488 e. The number of aromatic nitrogens is 1. The van der Waals surface area contributed by atoms with E-state index < -0.39 is 10.0 Å². The first kappa shape index (κ1) is 18.6. The Morgan fingerprint density at radius 2 is 2.11 bits per heavy atom. The van der Waals surface area contributed by atoms with Crippen molar-refractivity contribution in [2.75, 3.05) is 0 Å². The quantitative estimate of drug-likeness (QED) is 0.662. The SMILES string of the molecule is CC1(C)CCc2cc(S(=O)(=O)NCc3csc(-c4cccs4)n3)ccc2O1. The third-order valence-corrected chi connectivity index (χ3v) is 7.78. The van der Waals surface area contributed by atoms with Crippen LogP contribution in [0.15, 0.2) is 46.0 Å². The van der Waals surface area contributed by atoms with Crippen molar-refractivity contribution in [3.8, 4) is 15.6 Å². The van der Waals surface area contributed by atoms with E-state index in [1.807, 2.05) is 36.7 Å². The molecule has 4 rings (SSSR count). The van der Waals surface area contributed by atoms with Crippen molar-refractivity contribution in [2.45, 2.75) is 43.7 Å². The van der Waals surface area contributed by atoms with Gasteiger partial charge in [0.2, 0.25) is 10.0 Å². The number of ether oxygens (including phenoxy) is 1. The third kappa shape index (κ3) is 4.08. The molecule has 1 aliphatic rings. The lowest BCUT2D eigenvalue weighted by Gasteiger charge is -2.32. The molecule has 0 atom stereocenters. The average Bonchev–Trinajstić information content (AvgIpc) is 3.30. The number of nitrogens with zero attached hydrogens (tertiary/aromatic N) is 1. The molecule has 0 amide bonds. The smallest absolute Gasteiger partial charge is 0.240 e. The highest BCUT2D eigenvalue weighted by Crippen LogP contribution is 2.34. The molecule has 1 N–H and O–H groups in total. The van der Waals surface area contributed by atoms with E-state index in [0.29, 0.717) is 0 Å². The highest BCUT2D eigenvalue weighted by molar-refractivity contribution is 7.89. The molecule has 0 saturated carbocycles. The molecule has 27 heavy (non-hydrogen) atoms. The average molecular weight is 421 g/mol. The Labute approximate surface area is 167 Å². The summed E-state index contributed by atoms with van der Waals surface area (Å²) < 4.78 is 33.9. The zero-order valence-corrected chi connectivity index (χ0v) is 17.5. The maximum Gasteiger partial charge on any atom is 0.240 e. The molecule has 0 bridgehead atoms. The third-order valence-electron chi connectivity index (χ3n) is 4.45. The van der Waals surface area contributed by atoms with Crippen LogP contribution in [0.4, 0.5) is 0 Å². The van der Waals surface area contributed by atoms with Gasteiger partial charge < -0.3 is 4.74 Å². The summed E-state index contributed by atoms with van der Waals surface area (Å²) in [5.41, 5.74) is 1.44. The number of thiazole rings is 1. The standard InChI is InChI=1S/C19H20N2O3S3/c1-19(2)8-7-13-10-15(5-6-16(13)24-19)27(22,23)20-11-14-12-26-18(21-14)17-4-3-9-25-17/h3-6,9-10,12,20H,7-8,11H2,1-2H3. The summed E-state index contributed by atoms with van der Waals surface area (Å²) in [5.74, 6) is 0.769. The zero-order valence-electron chi connectivity index (χ0n) is 15.1. The molecular formula is C19H20N2O3S3. The van der Waals surface area contributed by atoms with E-state index in [1.54, 1.807) is 29.5 Å². The fraction of sp³-hybridized carbons (Fsp3) is 0.316. The predicted molar refractivity (Wildman–Crippen MR) is 109 cm³/mol. The zero-order chi connectivity index (χ0) is 19.1. The molecule has 3 heterocycles. The van der Waals surface area contributed by atoms with Crippen LogP contribution in [0.1, 0.15) is 31.5 Å². The summed E-state index contributed by atoms with van der Waals surface area (Å²) in [6.07, 6.45) is 1.67. The highest BCUT2D eigenvalue weighted by atomic mass is 32.2. The maximum absolute atomic E-state index is 12.7. The first-order valence-electron chi connectivity index (χ1n) is 8.62. The van der Waals surface area contributed by atoms with Crippen LogP contribution in [-0.2, 0) is 23.0 Å². The van der Waals surface area contributed by atoms with Gasteiger partial charge in [0.05, 0.1) is 22.0 Å². The Kier molecular flexibility index (Phi) is 4.84. The molecule has 2 aromatic heterocycles. The van der Waals surface area contributed by atoms with Crippen molar-refractivity contribution < 1.29 is 13.2 Å². The lowest BCUT2D eigenvalue weighted by Crippen LogP contribution is -2.32. The second-order valence-corrected chi connectivity index (χ2v) is 10.6. The van der Waals surface area contributed by atoms with Gasteiger partial charge in [0.1, 0.15) is 16.4 Å². The monoisotopic (exact) mass is 420 g/mol. The Hall–Kier alpha value is -1.74. The second-order valence-electron chi connectivity index (χ2n) is 7.08. The number of hydrogen-bond acceptors (Lipinski definition) is 6. The van der Waals surface area contributed by atoms with Gasteiger partial charge in [-0.05, 0) is 61.9 Å². The number of benzene rings is 1. The number of rotatable bonds is 5. The summed E-state index contributed by atoms with van der Waals surface area (Å²) in [7, 11) is -3.60. The molecule has 3 aromatic rings. The van der Waals surface area contributed by atoms with Crippen molar-refractivity contribution in [3.63, 3.8) is 0 Å². The molecule has 1 aromatic carbocycles. The Balaban J connectivity index is 1.48. The van der Waals surface area contributed by atoms with Crippen LogP contribution in [0.5, 0.6) is 5.75 Å². The van der Waals surface area contributed by atoms with Crippen molar-refractivity contribution in [3.05, 3.63) is 52.3 Å². The number of nitrogens with one attached hydrogen (secondary N) is 1. The van der Waals surface area contributed by atoms with Gasteiger partial charge in [0.15, 0.2) is 0 Å². The van der Waals surface area contributed by atoms with E-state index in [0.717, 1.165) is 39.7 Å². The number of sulfonamides is 1. The maximum atomic E-state index is 12.7. The summed E-state index contributed by atoms with van der Waals surface area (Å²) in [6.45, 7) is 4.26. The molecule has 8 heteroatoms. The topological polar surface area (TPSA) is 68.3 Å². The van der Waals surface area contributed by atoms with Crippen LogP contribution >= 0.6 is 22.7 Å². The second kappa shape index (κ2) is 7.01. The lowest BCUT2D eigenvalue weighted by molar-refractivity contribution is 0.0845. The van der Waals surface area contributed by atoms with Gasteiger partial charge >= 0.3 is 0 Å². The Morgan fingerprint density at radius 1 is 1.26 bits per heavy atom. The minimum absolute atomic E-state index is 0.171. The summed E-state index contributed by atoms with van der Waals surface area (Å²) in [6, 6.07) is 9.05. The first-order valence-corrected chi connectivity index (χ1v) is 11.9. The van der Waals surface area contributed by atoms with E-state index >= 15 is 0 Å². The number of thiophene rings is 1. The normalized spacial score (nSPS) is 15.9. The molecule has 0 aliphatic carbocycles. The lowest BCUT2D eigenvalue weighted by atomic mass is 9.94. The summed E-state index contributed by atoms with van der Waals surface area (Å²) in [4.78, 5) is 5.87. The van der Waals surface area contributed by atoms with E-state index in [-0.39, 0.29) is 17.0 Å². The van der Waals surface area contributed by atoms with Gasteiger partial charge in [-0.25, -0.2) is 18.1 Å².